The largest absolute Gasteiger partial charge is 0.373 e. The molecule has 2 aliphatic heterocycles. The molecule has 18 heavy (non-hydrogen) atoms. The molecular weight excluding hydrogens is 224 g/mol. The first-order valence-electron chi connectivity index (χ1n) is 7.40. The number of hydrogen-bond donors (Lipinski definition) is 0. The van der Waals surface area contributed by atoms with Crippen LogP contribution in [-0.2, 0) is 9.47 Å². The van der Waals surface area contributed by atoms with Crippen LogP contribution in [0.25, 0.3) is 0 Å². The van der Waals surface area contributed by atoms with Gasteiger partial charge in [-0.15, -0.1) is 0 Å². The van der Waals surface area contributed by atoms with Crippen LogP contribution in [0.3, 0.4) is 0 Å². The van der Waals surface area contributed by atoms with Crippen LogP contribution in [0.5, 0.6) is 0 Å². The lowest BCUT2D eigenvalue weighted by atomic mass is 10.2. The van der Waals surface area contributed by atoms with Crippen molar-refractivity contribution >= 4 is 0 Å². The smallest absolute Gasteiger partial charge is 0.0812 e. The first-order chi connectivity index (χ1) is 8.86. The fourth-order valence-electron chi connectivity index (χ4n) is 1.60. The second-order valence-corrected chi connectivity index (χ2v) is 4.82. The summed E-state index contributed by atoms with van der Waals surface area (Å²) in [5.74, 6) is 0. The lowest BCUT2D eigenvalue weighted by Gasteiger charge is -1.85. The first-order valence-corrected chi connectivity index (χ1v) is 7.40. The minimum absolute atomic E-state index is 0.603. The molecule has 0 aliphatic carbocycles. The number of epoxide rings is 2. The summed E-state index contributed by atoms with van der Waals surface area (Å²) in [6.07, 6.45) is 17.2. The predicted molar refractivity (Wildman–Crippen MR) is 76.8 cm³/mol. The molecule has 2 aliphatic rings. The van der Waals surface area contributed by atoms with Gasteiger partial charge in [-0.1, -0.05) is 38.2 Å². The zero-order valence-electron chi connectivity index (χ0n) is 11.9. The highest BCUT2D eigenvalue weighted by Crippen LogP contribution is 2.15. The maximum Gasteiger partial charge on any atom is 0.0812 e. The third kappa shape index (κ3) is 10.5. The Morgan fingerprint density at radius 2 is 1.17 bits per heavy atom. The van der Waals surface area contributed by atoms with Gasteiger partial charge in [0, 0.05) is 0 Å². The predicted octanol–water partition coefficient (Wildman–Crippen LogP) is 4.26. The van der Waals surface area contributed by atoms with Gasteiger partial charge >= 0.3 is 0 Å². The monoisotopic (exact) mass is 252 g/mol. The summed E-state index contributed by atoms with van der Waals surface area (Å²) >= 11 is 0. The lowest BCUT2D eigenvalue weighted by Crippen LogP contribution is -1.80. The number of hydrogen-bond acceptors (Lipinski definition) is 2. The van der Waals surface area contributed by atoms with Gasteiger partial charge in [-0.05, 0) is 38.5 Å². The molecule has 0 saturated carbocycles. The molecule has 2 fully saturated rings. The number of allylic oxidation sites excluding steroid dienone is 4. The van der Waals surface area contributed by atoms with Crippen molar-refractivity contribution in [2.24, 2.45) is 0 Å². The average Bonchev–Trinajstić information content (AvgIpc) is 3.26. The van der Waals surface area contributed by atoms with E-state index in [9.17, 15) is 0 Å². The van der Waals surface area contributed by atoms with E-state index >= 15 is 0 Å². The summed E-state index contributed by atoms with van der Waals surface area (Å²) in [4.78, 5) is 0. The number of rotatable bonds is 8. The topological polar surface area (TPSA) is 25.1 Å². The molecule has 2 heterocycles. The lowest BCUT2D eigenvalue weighted by molar-refractivity contribution is 0.398. The van der Waals surface area contributed by atoms with E-state index in [1.54, 1.807) is 0 Å². The molecule has 0 aromatic rings. The second kappa shape index (κ2) is 10.3. The molecule has 0 aromatic heterocycles. The molecule has 2 heteroatoms. The molecule has 0 unspecified atom stereocenters. The van der Waals surface area contributed by atoms with Crippen molar-refractivity contribution in [2.75, 3.05) is 13.2 Å². The Labute approximate surface area is 112 Å². The van der Waals surface area contributed by atoms with Gasteiger partial charge in [0.2, 0.25) is 0 Å². The van der Waals surface area contributed by atoms with E-state index in [0.29, 0.717) is 12.2 Å². The molecule has 0 radical (unpaired) electrons. The van der Waals surface area contributed by atoms with E-state index in [4.69, 9.17) is 9.47 Å². The summed E-state index contributed by atoms with van der Waals surface area (Å²) < 4.78 is 10.1. The van der Waals surface area contributed by atoms with Crippen molar-refractivity contribution in [1.82, 2.24) is 0 Å². The fraction of sp³-hybridized carbons (Fsp3) is 0.750. The van der Waals surface area contributed by atoms with E-state index in [2.05, 4.69) is 38.2 Å². The van der Waals surface area contributed by atoms with Gasteiger partial charge < -0.3 is 9.47 Å². The highest BCUT2D eigenvalue weighted by atomic mass is 16.6. The van der Waals surface area contributed by atoms with Crippen LogP contribution >= 0.6 is 0 Å². The Balaban J connectivity index is 0.000000180. The Morgan fingerprint density at radius 3 is 1.44 bits per heavy atom. The van der Waals surface area contributed by atoms with E-state index in [0.717, 1.165) is 26.1 Å². The van der Waals surface area contributed by atoms with E-state index in [1.165, 1.54) is 25.7 Å². The van der Waals surface area contributed by atoms with Crippen LogP contribution < -0.4 is 0 Å². The molecule has 104 valence electrons. The molecule has 0 amide bonds. The quantitative estimate of drug-likeness (QED) is 0.476. The molecule has 2 atom stereocenters. The van der Waals surface area contributed by atoms with Crippen molar-refractivity contribution in [3.8, 4) is 0 Å². The minimum Gasteiger partial charge on any atom is -0.373 e. The maximum absolute atomic E-state index is 5.05. The summed E-state index contributed by atoms with van der Waals surface area (Å²) in [6, 6.07) is 0. The number of ether oxygens (including phenoxy) is 2. The van der Waals surface area contributed by atoms with Crippen LogP contribution in [0.4, 0.5) is 0 Å². The van der Waals surface area contributed by atoms with Crippen LogP contribution in [-0.4, -0.2) is 25.4 Å². The summed E-state index contributed by atoms with van der Waals surface area (Å²) in [7, 11) is 0. The van der Waals surface area contributed by atoms with Gasteiger partial charge in [0.15, 0.2) is 0 Å². The third-order valence-corrected chi connectivity index (χ3v) is 2.92. The van der Waals surface area contributed by atoms with Crippen LogP contribution in [0, 0.1) is 0 Å². The highest BCUT2D eigenvalue weighted by Gasteiger charge is 2.20. The van der Waals surface area contributed by atoms with Crippen molar-refractivity contribution in [3.63, 3.8) is 0 Å². The van der Waals surface area contributed by atoms with Gasteiger partial charge in [-0.2, -0.15) is 0 Å². The third-order valence-electron chi connectivity index (χ3n) is 2.92. The molecule has 2 rings (SSSR count). The molecule has 0 aromatic carbocycles. The SMILES string of the molecule is CC/C=C\CC[C@@H]1CO1.CC/C=C\CC[C@@H]1CO1. The van der Waals surface area contributed by atoms with Gasteiger partial charge in [-0.25, -0.2) is 0 Å². The van der Waals surface area contributed by atoms with Crippen LogP contribution in [0.1, 0.15) is 52.4 Å². The Morgan fingerprint density at radius 1 is 0.778 bits per heavy atom. The van der Waals surface area contributed by atoms with Crippen molar-refractivity contribution < 1.29 is 9.47 Å². The molecular formula is C16H28O2. The standard InChI is InChI=1S/2C8H14O/c2*1-2-3-4-5-6-8-7-9-8/h2*3-4,8H,2,5-7H2,1H3/b2*4-3-/t2*8-/m11/s1. The summed E-state index contributed by atoms with van der Waals surface area (Å²) in [6.45, 7) is 6.31. The molecule has 2 saturated heterocycles. The Kier molecular flexibility index (Phi) is 8.87. The van der Waals surface area contributed by atoms with Crippen molar-refractivity contribution in [3.05, 3.63) is 24.3 Å². The minimum atomic E-state index is 0.603. The van der Waals surface area contributed by atoms with Gasteiger partial charge in [0.1, 0.15) is 0 Å². The van der Waals surface area contributed by atoms with E-state index < -0.39 is 0 Å². The molecule has 0 spiro atoms. The van der Waals surface area contributed by atoms with Crippen molar-refractivity contribution in [1.29, 1.82) is 0 Å². The normalized spacial score (nSPS) is 25.2. The average molecular weight is 252 g/mol. The Hall–Kier alpha value is -0.600. The second-order valence-electron chi connectivity index (χ2n) is 4.82. The molecule has 2 nitrogen and oxygen atoms in total. The zero-order chi connectivity index (χ0) is 13.1. The summed E-state index contributed by atoms with van der Waals surface area (Å²) in [5.41, 5.74) is 0. The van der Waals surface area contributed by atoms with E-state index in [1.807, 2.05) is 0 Å². The van der Waals surface area contributed by atoms with Crippen molar-refractivity contribution in [2.45, 2.75) is 64.6 Å². The van der Waals surface area contributed by atoms with E-state index in [-0.39, 0.29) is 0 Å². The first kappa shape index (κ1) is 15.5. The summed E-state index contributed by atoms with van der Waals surface area (Å²) in [5, 5.41) is 0. The maximum atomic E-state index is 5.05. The highest BCUT2D eigenvalue weighted by molar-refractivity contribution is 4.83. The zero-order valence-corrected chi connectivity index (χ0v) is 11.9. The fourth-order valence-corrected chi connectivity index (χ4v) is 1.60. The van der Waals surface area contributed by atoms with Gasteiger partial charge in [0.05, 0.1) is 25.4 Å². The molecule has 0 bridgehead atoms. The van der Waals surface area contributed by atoms with Gasteiger partial charge in [-0.3, -0.25) is 0 Å². The Bertz CT molecular complexity index is 211. The van der Waals surface area contributed by atoms with Crippen LogP contribution in [0.2, 0.25) is 0 Å². The molecule has 0 N–H and O–H groups in total. The van der Waals surface area contributed by atoms with Gasteiger partial charge in [0.25, 0.3) is 0 Å². The van der Waals surface area contributed by atoms with Crippen LogP contribution in [0.15, 0.2) is 24.3 Å².